The van der Waals surface area contributed by atoms with Gasteiger partial charge in [0.1, 0.15) is 6.54 Å². The molecule has 0 spiro atoms. The fraction of sp³-hybridized carbons (Fsp3) is 0.300. The number of aryl methyl sites for hydroxylation is 1. The fourth-order valence-corrected chi connectivity index (χ4v) is 2.05. The summed E-state index contributed by atoms with van der Waals surface area (Å²) >= 11 is 1.38. The van der Waals surface area contributed by atoms with E-state index in [1.165, 1.54) is 23.6 Å². The van der Waals surface area contributed by atoms with Gasteiger partial charge in [0.05, 0.1) is 7.11 Å². The highest BCUT2D eigenvalue weighted by atomic mass is 32.2. The molecule has 0 amide bonds. The van der Waals surface area contributed by atoms with E-state index in [-0.39, 0.29) is 6.54 Å². The first-order valence-corrected chi connectivity index (χ1v) is 5.94. The molecule has 2 heterocycles. The summed E-state index contributed by atoms with van der Waals surface area (Å²) in [5.74, 6) is -0.393. The number of aromatic nitrogens is 5. The van der Waals surface area contributed by atoms with Gasteiger partial charge in [-0.2, -0.15) is 0 Å². The van der Waals surface area contributed by atoms with Crippen LogP contribution >= 0.6 is 11.8 Å². The second-order valence-electron chi connectivity index (χ2n) is 3.44. The second-order valence-corrected chi connectivity index (χ2v) is 4.45. The van der Waals surface area contributed by atoms with Gasteiger partial charge in [0.15, 0.2) is 0 Å². The molecule has 0 bridgehead atoms. The summed E-state index contributed by atoms with van der Waals surface area (Å²) in [5, 5.41) is 11.7. The smallest absolute Gasteiger partial charge is 0.327 e. The van der Waals surface area contributed by atoms with Crippen LogP contribution in [0.4, 0.5) is 0 Å². The van der Waals surface area contributed by atoms with Crippen LogP contribution < -0.4 is 0 Å². The number of methoxy groups -OCH3 is 1. The van der Waals surface area contributed by atoms with Crippen LogP contribution in [-0.2, 0) is 16.1 Å². The molecule has 18 heavy (non-hydrogen) atoms. The Morgan fingerprint density at radius 3 is 3.11 bits per heavy atom. The van der Waals surface area contributed by atoms with Crippen LogP contribution in [0.1, 0.15) is 5.56 Å². The van der Waals surface area contributed by atoms with Crippen molar-refractivity contribution in [1.29, 1.82) is 0 Å². The van der Waals surface area contributed by atoms with Crippen molar-refractivity contribution < 1.29 is 9.53 Å². The van der Waals surface area contributed by atoms with Gasteiger partial charge in [0.2, 0.25) is 5.16 Å². The highest BCUT2D eigenvalue weighted by Gasteiger charge is 2.12. The zero-order valence-electron chi connectivity index (χ0n) is 9.90. The van der Waals surface area contributed by atoms with Crippen LogP contribution in [0.15, 0.2) is 28.5 Å². The Morgan fingerprint density at radius 1 is 1.56 bits per heavy atom. The molecule has 8 heteroatoms. The van der Waals surface area contributed by atoms with E-state index in [4.69, 9.17) is 0 Å². The molecule has 0 aromatic carbocycles. The van der Waals surface area contributed by atoms with Gasteiger partial charge < -0.3 is 4.74 Å². The van der Waals surface area contributed by atoms with Crippen molar-refractivity contribution in [2.24, 2.45) is 0 Å². The van der Waals surface area contributed by atoms with E-state index in [2.05, 4.69) is 25.2 Å². The number of hydrogen-bond acceptors (Lipinski definition) is 7. The normalized spacial score (nSPS) is 10.3. The molecular formula is C10H11N5O2S. The van der Waals surface area contributed by atoms with Crippen molar-refractivity contribution in [2.75, 3.05) is 7.11 Å². The van der Waals surface area contributed by atoms with Gasteiger partial charge in [-0.1, -0.05) is 0 Å². The third-order valence-corrected chi connectivity index (χ3v) is 3.33. The lowest BCUT2D eigenvalue weighted by atomic mass is 10.3. The molecular weight excluding hydrogens is 254 g/mol. The molecule has 0 saturated carbocycles. The molecule has 2 aromatic rings. The summed E-state index contributed by atoms with van der Waals surface area (Å²) in [7, 11) is 1.33. The number of hydrogen-bond donors (Lipinski definition) is 0. The molecule has 94 valence electrons. The largest absolute Gasteiger partial charge is 0.468 e. The number of carbonyl (C=O) groups is 1. The van der Waals surface area contributed by atoms with Crippen LogP contribution in [0.3, 0.4) is 0 Å². The van der Waals surface area contributed by atoms with E-state index < -0.39 is 5.97 Å². The average Bonchev–Trinajstić information content (AvgIpc) is 2.79. The monoisotopic (exact) mass is 265 g/mol. The Hall–Kier alpha value is -1.96. The molecule has 0 aliphatic carbocycles. The van der Waals surface area contributed by atoms with Crippen LogP contribution in [0.25, 0.3) is 0 Å². The van der Waals surface area contributed by atoms with Gasteiger partial charge in [-0.25, -0.2) is 4.68 Å². The van der Waals surface area contributed by atoms with Gasteiger partial charge in [-0.05, 0) is 40.7 Å². The third-order valence-electron chi connectivity index (χ3n) is 2.18. The van der Waals surface area contributed by atoms with E-state index in [1.807, 2.05) is 13.0 Å². The van der Waals surface area contributed by atoms with Crippen LogP contribution in [0, 0.1) is 6.92 Å². The maximum Gasteiger partial charge on any atom is 0.327 e. The Balaban J connectivity index is 2.18. The molecule has 0 N–H and O–H groups in total. The summed E-state index contributed by atoms with van der Waals surface area (Å²) in [6.07, 6.45) is 3.46. The lowest BCUT2D eigenvalue weighted by molar-refractivity contribution is -0.141. The lowest BCUT2D eigenvalue weighted by Crippen LogP contribution is -2.13. The predicted molar refractivity (Wildman–Crippen MR) is 62.9 cm³/mol. The van der Waals surface area contributed by atoms with E-state index in [1.54, 1.807) is 12.4 Å². The summed E-state index contributed by atoms with van der Waals surface area (Å²) in [6.45, 7) is 1.94. The SMILES string of the molecule is COC(=O)Cn1nnnc1Sc1ccncc1C. The Morgan fingerprint density at radius 2 is 2.39 bits per heavy atom. The first kappa shape index (κ1) is 12.5. The number of ether oxygens (including phenoxy) is 1. The van der Waals surface area contributed by atoms with Crippen molar-refractivity contribution in [3.05, 3.63) is 24.0 Å². The zero-order valence-corrected chi connectivity index (χ0v) is 10.7. The maximum atomic E-state index is 11.2. The lowest BCUT2D eigenvalue weighted by Gasteiger charge is -2.04. The van der Waals surface area contributed by atoms with E-state index >= 15 is 0 Å². The number of nitrogens with zero attached hydrogens (tertiary/aromatic N) is 5. The Labute approximate surface area is 108 Å². The van der Waals surface area contributed by atoms with Crippen LogP contribution in [0.5, 0.6) is 0 Å². The predicted octanol–water partition coefficient (Wildman–Crippen LogP) is 0.701. The first-order chi connectivity index (χ1) is 8.70. The number of carbonyl (C=O) groups excluding carboxylic acids is 1. The van der Waals surface area contributed by atoms with Gasteiger partial charge in [0.25, 0.3) is 0 Å². The summed E-state index contributed by atoms with van der Waals surface area (Å²) in [6, 6.07) is 1.87. The minimum absolute atomic E-state index is 0.00400. The van der Waals surface area contributed by atoms with Crippen molar-refractivity contribution in [2.45, 2.75) is 23.5 Å². The molecule has 0 radical (unpaired) electrons. The van der Waals surface area contributed by atoms with Gasteiger partial charge >= 0.3 is 5.97 Å². The number of rotatable bonds is 4. The molecule has 0 saturated heterocycles. The minimum atomic E-state index is -0.393. The van der Waals surface area contributed by atoms with Crippen molar-refractivity contribution in [1.82, 2.24) is 25.2 Å². The Bertz CT molecular complexity index is 557. The molecule has 0 aliphatic rings. The van der Waals surface area contributed by atoms with Crippen LogP contribution in [0.2, 0.25) is 0 Å². The first-order valence-electron chi connectivity index (χ1n) is 5.12. The summed E-state index contributed by atoms with van der Waals surface area (Å²) in [5.41, 5.74) is 1.02. The number of pyridine rings is 1. The molecule has 0 atom stereocenters. The van der Waals surface area contributed by atoms with E-state index in [0.717, 1.165) is 10.5 Å². The molecule has 0 aliphatic heterocycles. The van der Waals surface area contributed by atoms with Gasteiger partial charge in [0, 0.05) is 17.3 Å². The quantitative estimate of drug-likeness (QED) is 0.752. The highest BCUT2D eigenvalue weighted by Crippen LogP contribution is 2.27. The molecule has 7 nitrogen and oxygen atoms in total. The maximum absolute atomic E-state index is 11.2. The van der Waals surface area contributed by atoms with Crippen molar-refractivity contribution in [3.63, 3.8) is 0 Å². The van der Waals surface area contributed by atoms with Crippen molar-refractivity contribution in [3.8, 4) is 0 Å². The highest BCUT2D eigenvalue weighted by molar-refractivity contribution is 7.99. The standard InChI is InChI=1S/C10H11N5O2S/c1-7-5-11-4-3-8(7)18-10-12-13-14-15(10)6-9(16)17-2/h3-5H,6H2,1-2H3. The molecule has 0 fully saturated rings. The van der Waals surface area contributed by atoms with Crippen LogP contribution in [-0.4, -0.2) is 38.3 Å². The number of tetrazole rings is 1. The van der Waals surface area contributed by atoms with E-state index in [9.17, 15) is 4.79 Å². The average molecular weight is 265 g/mol. The second kappa shape index (κ2) is 5.58. The zero-order chi connectivity index (χ0) is 13.0. The Kier molecular flexibility index (Phi) is 3.88. The van der Waals surface area contributed by atoms with Gasteiger partial charge in [-0.3, -0.25) is 9.78 Å². The summed E-state index contributed by atoms with van der Waals surface area (Å²) in [4.78, 5) is 16.2. The summed E-state index contributed by atoms with van der Waals surface area (Å²) < 4.78 is 5.98. The van der Waals surface area contributed by atoms with Crippen molar-refractivity contribution >= 4 is 17.7 Å². The molecule has 2 aromatic heterocycles. The molecule has 0 unspecified atom stereocenters. The van der Waals surface area contributed by atoms with Gasteiger partial charge in [-0.15, -0.1) is 5.10 Å². The van der Waals surface area contributed by atoms with E-state index in [0.29, 0.717) is 5.16 Å². The minimum Gasteiger partial charge on any atom is -0.468 e. The third kappa shape index (κ3) is 2.83. The fourth-order valence-electron chi connectivity index (χ4n) is 1.23. The topological polar surface area (TPSA) is 82.8 Å². The number of esters is 1. The molecule has 2 rings (SSSR count).